The zero-order valence-electron chi connectivity index (χ0n) is 17.3. The van der Waals surface area contributed by atoms with Crippen molar-refractivity contribution in [3.05, 3.63) is 23.8 Å². The number of benzene rings is 1. The lowest BCUT2D eigenvalue weighted by molar-refractivity contribution is 0.152. The fourth-order valence-corrected chi connectivity index (χ4v) is 4.11. The first-order valence-electron chi connectivity index (χ1n) is 10.7. The summed E-state index contributed by atoms with van der Waals surface area (Å²) < 4.78 is 11.8. The number of hydrogen-bond donors (Lipinski definition) is 0. The van der Waals surface area contributed by atoms with E-state index in [4.69, 9.17) is 9.47 Å². The minimum Gasteiger partial charge on any atom is -0.493 e. The molecular weight excluding hydrogens is 338 g/mol. The second kappa shape index (κ2) is 10.9. The fourth-order valence-electron chi connectivity index (χ4n) is 4.11. The van der Waals surface area contributed by atoms with Crippen LogP contribution in [-0.2, 0) is 6.42 Å². The van der Waals surface area contributed by atoms with Crippen molar-refractivity contribution in [1.29, 1.82) is 0 Å². The highest BCUT2D eigenvalue weighted by molar-refractivity contribution is 5.46. The lowest BCUT2D eigenvalue weighted by Gasteiger charge is -2.32. The van der Waals surface area contributed by atoms with Crippen molar-refractivity contribution in [2.24, 2.45) is 0 Å². The molecule has 0 amide bonds. The molecule has 0 radical (unpaired) electrons. The van der Waals surface area contributed by atoms with E-state index >= 15 is 0 Å². The third kappa shape index (κ3) is 6.37. The fraction of sp³-hybridized carbons (Fsp3) is 0.727. The van der Waals surface area contributed by atoms with E-state index in [-0.39, 0.29) is 0 Å². The zero-order valence-corrected chi connectivity index (χ0v) is 17.3. The topological polar surface area (TPSA) is 28.2 Å². The van der Waals surface area contributed by atoms with Gasteiger partial charge in [-0.15, -0.1) is 0 Å². The van der Waals surface area contributed by atoms with E-state index in [2.05, 4.69) is 33.9 Å². The monoisotopic (exact) mass is 375 g/mol. The van der Waals surface area contributed by atoms with Crippen LogP contribution in [0, 0.1) is 0 Å². The Morgan fingerprint density at radius 3 is 2.37 bits per heavy atom. The van der Waals surface area contributed by atoms with Gasteiger partial charge in [-0.3, -0.25) is 4.90 Å². The van der Waals surface area contributed by atoms with Crippen molar-refractivity contribution in [3.8, 4) is 11.5 Å². The average Bonchev–Trinajstić information content (AvgIpc) is 2.71. The van der Waals surface area contributed by atoms with Crippen LogP contribution in [0.1, 0.15) is 31.2 Å². The number of likely N-dealkylation sites (tertiary alicyclic amines) is 1. The molecule has 2 aliphatic heterocycles. The first kappa shape index (κ1) is 20.4. The number of rotatable bonds is 9. The molecule has 3 rings (SSSR count). The van der Waals surface area contributed by atoms with E-state index in [1.807, 2.05) is 6.07 Å². The second-order valence-electron chi connectivity index (χ2n) is 7.95. The van der Waals surface area contributed by atoms with Gasteiger partial charge in [0.15, 0.2) is 11.5 Å². The van der Waals surface area contributed by atoms with Crippen LogP contribution in [-0.4, -0.2) is 87.8 Å². The summed E-state index contributed by atoms with van der Waals surface area (Å²) in [7, 11) is 3.95. The number of aryl methyl sites for hydroxylation is 1. The quantitative estimate of drug-likeness (QED) is 0.662. The van der Waals surface area contributed by atoms with Crippen molar-refractivity contribution in [3.63, 3.8) is 0 Å². The van der Waals surface area contributed by atoms with Crippen molar-refractivity contribution >= 4 is 0 Å². The summed E-state index contributed by atoms with van der Waals surface area (Å²) in [5, 5.41) is 0. The van der Waals surface area contributed by atoms with Crippen LogP contribution >= 0.6 is 0 Å². The van der Waals surface area contributed by atoms with Gasteiger partial charge in [-0.05, 0) is 64.0 Å². The predicted molar refractivity (Wildman–Crippen MR) is 111 cm³/mol. The molecule has 5 heteroatoms. The van der Waals surface area contributed by atoms with E-state index in [1.165, 1.54) is 70.5 Å². The molecule has 27 heavy (non-hydrogen) atoms. The van der Waals surface area contributed by atoms with Gasteiger partial charge in [0.1, 0.15) is 6.61 Å². The maximum atomic E-state index is 6.23. The SMILES string of the molecule is COc1cccc(CCCN2CCN(C)CC2)c1OCCN1CCCCC1. The number of likely N-dealkylation sites (N-methyl/N-ethyl adjacent to an activating group) is 1. The number of methoxy groups -OCH3 is 1. The lowest BCUT2D eigenvalue weighted by Crippen LogP contribution is -2.44. The molecule has 0 saturated carbocycles. The van der Waals surface area contributed by atoms with Gasteiger partial charge in [0.05, 0.1) is 7.11 Å². The smallest absolute Gasteiger partial charge is 0.164 e. The van der Waals surface area contributed by atoms with Crippen LogP contribution < -0.4 is 9.47 Å². The number of para-hydroxylation sites is 1. The zero-order chi connectivity index (χ0) is 18.9. The molecule has 0 spiro atoms. The van der Waals surface area contributed by atoms with Gasteiger partial charge in [0, 0.05) is 32.7 Å². The predicted octanol–water partition coefficient (Wildman–Crippen LogP) is 2.74. The minimum atomic E-state index is 0.742. The highest BCUT2D eigenvalue weighted by atomic mass is 16.5. The highest BCUT2D eigenvalue weighted by Gasteiger charge is 2.15. The molecule has 0 aliphatic carbocycles. The molecule has 152 valence electrons. The average molecular weight is 376 g/mol. The molecule has 0 aromatic heterocycles. The molecule has 5 nitrogen and oxygen atoms in total. The van der Waals surface area contributed by atoms with Crippen LogP contribution in [0.4, 0.5) is 0 Å². The van der Waals surface area contributed by atoms with Gasteiger partial charge in [-0.2, -0.15) is 0 Å². The Morgan fingerprint density at radius 2 is 1.63 bits per heavy atom. The Balaban J connectivity index is 1.49. The summed E-state index contributed by atoms with van der Waals surface area (Å²) in [5.41, 5.74) is 1.28. The summed E-state index contributed by atoms with van der Waals surface area (Å²) in [4.78, 5) is 7.51. The Hall–Kier alpha value is -1.30. The summed E-state index contributed by atoms with van der Waals surface area (Å²) in [6, 6.07) is 6.30. The Kier molecular flexibility index (Phi) is 8.24. The van der Waals surface area contributed by atoms with Gasteiger partial charge in [0.2, 0.25) is 0 Å². The second-order valence-corrected chi connectivity index (χ2v) is 7.95. The molecule has 0 bridgehead atoms. The molecule has 2 heterocycles. The highest BCUT2D eigenvalue weighted by Crippen LogP contribution is 2.32. The van der Waals surface area contributed by atoms with Gasteiger partial charge in [-0.25, -0.2) is 0 Å². The Bertz CT molecular complexity index is 552. The van der Waals surface area contributed by atoms with E-state index in [0.717, 1.165) is 37.6 Å². The lowest BCUT2D eigenvalue weighted by atomic mass is 10.1. The molecule has 0 atom stereocenters. The molecule has 2 saturated heterocycles. The van der Waals surface area contributed by atoms with Crippen LogP contribution in [0.5, 0.6) is 11.5 Å². The largest absolute Gasteiger partial charge is 0.493 e. The third-order valence-electron chi connectivity index (χ3n) is 5.90. The maximum Gasteiger partial charge on any atom is 0.164 e. The summed E-state index contributed by atoms with van der Waals surface area (Å²) in [6.07, 6.45) is 6.24. The third-order valence-corrected chi connectivity index (χ3v) is 5.90. The number of ether oxygens (including phenoxy) is 2. The van der Waals surface area contributed by atoms with Crippen LogP contribution in [0.3, 0.4) is 0 Å². The first-order valence-corrected chi connectivity index (χ1v) is 10.7. The van der Waals surface area contributed by atoms with Crippen molar-refractivity contribution in [1.82, 2.24) is 14.7 Å². The molecule has 0 unspecified atom stereocenters. The standard InChI is InChI=1S/C22H37N3O2/c1-23-14-16-25(17-15-23)13-7-9-20-8-6-10-21(26-2)22(20)27-19-18-24-11-4-3-5-12-24/h6,8,10H,3-5,7,9,11-19H2,1-2H3. The van der Waals surface area contributed by atoms with Crippen LogP contribution in [0.2, 0.25) is 0 Å². The van der Waals surface area contributed by atoms with Crippen LogP contribution in [0.25, 0.3) is 0 Å². The number of nitrogens with zero attached hydrogens (tertiary/aromatic N) is 3. The van der Waals surface area contributed by atoms with E-state index in [9.17, 15) is 0 Å². The molecule has 1 aromatic carbocycles. The number of hydrogen-bond acceptors (Lipinski definition) is 5. The summed E-state index contributed by atoms with van der Waals surface area (Å²) >= 11 is 0. The first-order chi connectivity index (χ1) is 13.3. The molecule has 2 fully saturated rings. The van der Waals surface area contributed by atoms with Gasteiger partial charge >= 0.3 is 0 Å². The van der Waals surface area contributed by atoms with Gasteiger partial charge in [-0.1, -0.05) is 18.6 Å². The van der Waals surface area contributed by atoms with E-state index in [1.54, 1.807) is 7.11 Å². The molecule has 1 aromatic rings. The maximum absolute atomic E-state index is 6.23. The number of piperazine rings is 1. The Labute approximate surface area is 165 Å². The van der Waals surface area contributed by atoms with E-state index < -0.39 is 0 Å². The van der Waals surface area contributed by atoms with Crippen molar-refractivity contribution in [2.45, 2.75) is 32.1 Å². The molecular formula is C22H37N3O2. The van der Waals surface area contributed by atoms with Crippen molar-refractivity contribution < 1.29 is 9.47 Å². The molecule has 2 aliphatic rings. The van der Waals surface area contributed by atoms with Crippen LogP contribution in [0.15, 0.2) is 18.2 Å². The van der Waals surface area contributed by atoms with Gasteiger partial charge < -0.3 is 19.3 Å². The van der Waals surface area contributed by atoms with Gasteiger partial charge in [0.25, 0.3) is 0 Å². The number of piperidine rings is 1. The normalized spacial score (nSPS) is 19.9. The Morgan fingerprint density at radius 1 is 0.889 bits per heavy atom. The minimum absolute atomic E-state index is 0.742. The molecule has 0 N–H and O–H groups in total. The summed E-state index contributed by atoms with van der Waals surface area (Å²) in [5.74, 6) is 1.82. The van der Waals surface area contributed by atoms with Crippen molar-refractivity contribution in [2.75, 3.05) is 73.1 Å². The van der Waals surface area contributed by atoms with E-state index in [0.29, 0.717) is 0 Å². The summed E-state index contributed by atoms with van der Waals surface area (Å²) in [6.45, 7) is 10.1.